The van der Waals surface area contributed by atoms with Gasteiger partial charge in [-0.1, -0.05) is 0 Å². The van der Waals surface area contributed by atoms with E-state index >= 15 is 0 Å². The molecule has 0 bridgehead atoms. The zero-order valence-corrected chi connectivity index (χ0v) is 29.0. The minimum absolute atomic E-state index is 0. The van der Waals surface area contributed by atoms with Gasteiger partial charge in [-0.15, -0.1) is 24.8 Å². The summed E-state index contributed by atoms with van der Waals surface area (Å²) in [6.07, 6.45) is 5.10. The normalized spacial score (nSPS) is 17.7. The van der Waals surface area contributed by atoms with E-state index in [2.05, 4.69) is 143 Å². The fraction of sp³-hybridized carbons (Fsp3) is 0.222. The molecule has 0 radical (unpaired) electrons. The van der Waals surface area contributed by atoms with Gasteiger partial charge in [0, 0.05) is 0 Å². The molecule has 4 aromatic carbocycles. The van der Waals surface area contributed by atoms with Crippen molar-refractivity contribution >= 4 is 55.7 Å². The topological polar surface area (TPSA) is 0 Å². The molecule has 2 unspecified atom stereocenters. The summed E-state index contributed by atoms with van der Waals surface area (Å²) in [6.45, 7) is 9.26. The summed E-state index contributed by atoms with van der Waals surface area (Å²) in [4.78, 5) is 0. The van der Waals surface area contributed by atoms with Gasteiger partial charge in [-0.05, 0) is 0 Å². The van der Waals surface area contributed by atoms with Crippen molar-refractivity contribution in [3.05, 3.63) is 141 Å². The van der Waals surface area contributed by atoms with Crippen LogP contribution in [0, 0.1) is 27.7 Å². The van der Waals surface area contributed by atoms with Crippen molar-refractivity contribution in [1.29, 1.82) is 0 Å². The number of benzene rings is 4. The van der Waals surface area contributed by atoms with E-state index in [0.717, 1.165) is 0 Å². The number of hydrogen-bond donors (Lipinski definition) is 0. The molecular formula is C36H40Cl2SiTi. The van der Waals surface area contributed by atoms with Crippen LogP contribution in [0.5, 0.6) is 0 Å². The standard InChI is InChI=1S/2C17H15.2CH3.2ClH.H2Si.Ti/c2*1-12-8-9-13(2)17-11-15(10-16(12)17)14-6-4-3-5-7-14;;;;;;/h2*3-11H,1-2H3;2*1H3;2*1H;1H2;. The predicted octanol–water partition coefficient (Wildman–Crippen LogP) is 9.99. The first kappa shape index (κ1) is 30.8. The van der Waals surface area contributed by atoms with Crippen molar-refractivity contribution in [3.63, 3.8) is 0 Å². The molecule has 0 N–H and O–H groups in total. The Hall–Kier alpha value is -2.13. The molecule has 0 nitrogen and oxygen atoms in total. The zero-order valence-electron chi connectivity index (χ0n) is 24.4. The molecule has 4 aromatic rings. The number of rotatable bonds is 4. The Balaban J connectivity index is 0.00000185. The smallest absolute Gasteiger partial charge is 0.147 e. The largest absolute Gasteiger partial charge is 0.147 e. The van der Waals surface area contributed by atoms with Gasteiger partial charge < -0.3 is 0 Å². The molecule has 4 heteroatoms. The second-order valence-corrected chi connectivity index (χ2v) is 33.0. The minimum atomic E-state index is -3.51. The molecule has 40 heavy (non-hydrogen) atoms. The van der Waals surface area contributed by atoms with E-state index in [1.807, 2.05) is 0 Å². The minimum Gasteiger partial charge on any atom is -0.147 e. The molecule has 0 saturated carbocycles. The summed E-state index contributed by atoms with van der Waals surface area (Å²) in [5.74, 6) is 0. The van der Waals surface area contributed by atoms with Gasteiger partial charge in [0.25, 0.3) is 0 Å². The third kappa shape index (κ3) is 4.75. The summed E-state index contributed by atoms with van der Waals surface area (Å²) < 4.78 is 0.871. The van der Waals surface area contributed by atoms with Crippen molar-refractivity contribution in [2.24, 2.45) is 0 Å². The fourth-order valence-corrected chi connectivity index (χ4v) is 19.7. The fourth-order valence-electron chi connectivity index (χ4n) is 7.54. The van der Waals surface area contributed by atoms with E-state index in [-0.39, 0.29) is 24.8 Å². The molecule has 206 valence electrons. The molecule has 0 spiro atoms. The van der Waals surface area contributed by atoms with E-state index in [9.17, 15) is 0 Å². The van der Waals surface area contributed by atoms with Crippen molar-refractivity contribution < 1.29 is 14.0 Å². The zero-order chi connectivity index (χ0) is 26.8. The Kier molecular flexibility index (Phi) is 8.43. The molecule has 2 atom stereocenters. The van der Waals surface area contributed by atoms with Gasteiger partial charge in [0.05, 0.1) is 0 Å². The van der Waals surface area contributed by atoms with Crippen LogP contribution < -0.4 is 0 Å². The molecule has 0 aliphatic heterocycles. The van der Waals surface area contributed by atoms with Crippen LogP contribution in [-0.4, -0.2) is 7.63 Å². The average molecular weight is 620 g/mol. The first-order chi connectivity index (χ1) is 18.1. The van der Waals surface area contributed by atoms with Gasteiger partial charge in [-0.3, -0.25) is 0 Å². The molecule has 6 rings (SSSR count). The van der Waals surface area contributed by atoms with Gasteiger partial charge in [-0.25, -0.2) is 0 Å². The number of hydrogen-bond acceptors (Lipinski definition) is 0. The first-order valence-electron chi connectivity index (χ1n) is 13.9. The Morgan fingerprint density at radius 3 is 1.18 bits per heavy atom. The van der Waals surface area contributed by atoms with Gasteiger partial charge >= 0.3 is 232 Å². The van der Waals surface area contributed by atoms with Gasteiger partial charge in [0.15, 0.2) is 0 Å². The summed E-state index contributed by atoms with van der Waals surface area (Å²) in [5, 5.41) is 5.48. The summed E-state index contributed by atoms with van der Waals surface area (Å²) in [6, 6.07) is 31.8. The van der Waals surface area contributed by atoms with Crippen LogP contribution in [0.15, 0.2) is 84.9 Å². The van der Waals surface area contributed by atoms with Crippen LogP contribution in [0.4, 0.5) is 0 Å². The van der Waals surface area contributed by atoms with Gasteiger partial charge in [-0.2, -0.15) is 0 Å². The molecule has 0 heterocycles. The number of allylic oxidation sites excluding steroid dienone is 2. The molecule has 2 aliphatic carbocycles. The van der Waals surface area contributed by atoms with Crippen LogP contribution in [0.1, 0.15) is 64.1 Å². The monoisotopic (exact) mass is 618 g/mol. The van der Waals surface area contributed by atoms with E-state index in [4.69, 9.17) is 0 Å². The Morgan fingerprint density at radius 1 is 0.500 bits per heavy atom. The van der Waals surface area contributed by atoms with Crippen LogP contribution >= 0.6 is 24.8 Å². The Morgan fingerprint density at radius 2 is 0.825 bits per heavy atom. The maximum atomic E-state index is 2.74. The van der Waals surface area contributed by atoms with Crippen molar-refractivity contribution in [3.8, 4) is 0 Å². The predicted molar refractivity (Wildman–Crippen MR) is 181 cm³/mol. The summed E-state index contributed by atoms with van der Waals surface area (Å²) >= 11 is -3.51. The van der Waals surface area contributed by atoms with E-state index in [1.54, 1.807) is 11.1 Å². The van der Waals surface area contributed by atoms with E-state index in [0.29, 0.717) is 8.45 Å². The first-order valence-corrected chi connectivity index (χ1v) is 22.8. The molecule has 0 amide bonds. The van der Waals surface area contributed by atoms with Crippen LogP contribution in [0.25, 0.3) is 23.3 Å². The van der Waals surface area contributed by atoms with E-state index < -0.39 is 14.0 Å². The van der Waals surface area contributed by atoms with Crippen molar-refractivity contribution in [2.45, 2.75) is 46.6 Å². The molecule has 0 saturated heterocycles. The molecule has 2 aliphatic rings. The van der Waals surface area contributed by atoms with E-state index in [1.165, 1.54) is 55.7 Å². The van der Waals surface area contributed by atoms with Gasteiger partial charge in [0.1, 0.15) is 0 Å². The van der Waals surface area contributed by atoms with Gasteiger partial charge in [0.2, 0.25) is 0 Å². The Labute approximate surface area is 255 Å². The molecule has 0 aromatic heterocycles. The van der Waals surface area contributed by atoms with Crippen LogP contribution in [-0.2, 0) is 14.0 Å². The average Bonchev–Trinajstić information content (AvgIpc) is 3.53. The molecular weight excluding hydrogens is 579 g/mol. The second kappa shape index (κ2) is 10.9. The third-order valence-corrected chi connectivity index (χ3v) is 20.5. The summed E-state index contributed by atoms with van der Waals surface area (Å²) in [7, 11) is 2.43. The number of halogens is 2. The quantitative estimate of drug-likeness (QED) is 0.200. The van der Waals surface area contributed by atoms with Crippen molar-refractivity contribution in [2.75, 3.05) is 0 Å². The Bertz CT molecular complexity index is 1600. The van der Waals surface area contributed by atoms with Crippen LogP contribution in [0.2, 0.25) is 10.5 Å². The van der Waals surface area contributed by atoms with Crippen molar-refractivity contribution in [1.82, 2.24) is 0 Å². The van der Waals surface area contributed by atoms with Crippen LogP contribution in [0.3, 0.4) is 0 Å². The summed E-state index contributed by atoms with van der Waals surface area (Å²) in [5.41, 5.74) is 17.6. The maximum Gasteiger partial charge on any atom is -0.147 e. The number of fused-ring (bicyclic) bond motifs is 2. The molecule has 0 fully saturated rings. The third-order valence-electron chi connectivity index (χ3n) is 9.36. The second-order valence-electron chi connectivity index (χ2n) is 12.8. The SMILES string of the molecule is Cc1ccc(C)c2c1C=C(c1ccccc1)[CH]2[Ti]([CH3])([CH3])(=[SiH2])[CH]1C(c2ccccc2)=Cc2c(C)ccc(C)c21.Cl.Cl. The number of aryl methyl sites for hydroxylation is 4. The maximum absolute atomic E-state index is 3.51.